The fourth-order valence-corrected chi connectivity index (χ4v) is 2.22. The Morgan fingerprint density at radius 3 is 2.68 bits per heavy atom. The number of nitrogens with zero attached hydrogens (tertiary/aromatic N) is 1. The van der Waals surface area contributed by atoms with Crippen molar-refractivity contribution in [2.45, 2.75) is 6.61 Å². The van der Waals surface area contributed by atoms with Gasteiger partial charge in [-0.2, -0.15) is 8.78 Å². The van der Waals surface area contributed by atoms with Gasteiger partial charge in [0.05, 0.1) is 12.8 Å². The van der Waals surface area contributed by atoms with Crippen LogP contribution >= 0.6 is 11.3 Å². The summed E-state index contributed by atoms with van der Waals surface area (Å²) < 4.78 is 33.8. The standard InChI is InChI=1S/C12H12F2N2O2S/c1-15-12-16-8(6-19-12)7-3-4-9(18-11(13)14)10(5-7)17-2/h3-6,11H,1-2H3,(H,15,16). The maximum atomic E-state index is 12.2. The number of hydrogen-bond acceptors (Lipinski definition) is 5. The van der Waals surface area contributed by atoms with Crippen LogP contribution in [0.3, 0.4) is 0 Å². The van der Waals surface area contributed by atoms with Crippen molar-refractivity contribution in [3.63, 3.8) is 0 Å². The highest BCUT2D eigenvalue weighted by atomic mass is 32.1. The molecule has 2 aromatic rings. The zero-order valence-corrected chi connectivity index (χ0v) is 11.1. The molecule has 7 heteroatoms. The van der Waals surface area contributed by atoms with Crippen LogP contribution < -0.4 is 14.8 Å². The number of aromatic nitrogens is 1. The summed E-state index contributed by atoms with van der Waals surface area (Å²) in [6.07, 6.45) is 0. The zero-order valence-electron chi connectivity index (χ0n) is 10.3. The van der Waals surface area contributed by atoms with Gasteiger partial charge in [-0.15, -0.1) is 11.3 Å². The van der Waals surface area contributed by atoms with E-state index in [9.17, 15) is 8.78 Å². The van der Waals surface area contributed by atoms with Crippen LogP contribution in [0.15, 0.2) is 23.6 Å². The molecule has 0 aliphatic carbocycles. The Labute approximate surface area is 113 Å². The molecular formula is C12H12F2N2O2S. The van der Waals surface area contributed by atoms with E-state index in [-0.39, 0.29) is 11.5 Å². The van der Waals surface area contributed by atoms with E-state index in [1.165, 1.54) is 24.5 Å². The lowest BCUT2D eigenvalue weighted by atomic mass is 10.1. The maximum Gasteiger partial charge on any atom is 0.387 e. The monoisotopic (exact) mass is 286 g/mol. The van der Waals surface area contributed by atoms with Crippen LogP contribution in [0.4, 0.5) is 13.9 Å². The van der Waals surface area contributed by atoms with Gasteiger partial charge in [0.1, 0.15) is 0 Å². The fourth-order valence-electron chi connectivity index (χ4n) is 1.54. The number of thiazole rings is 1. The van der Waals surface area contributed by atoms with Crippen molar-refractivity contribution in [2.75, 3.05) is 19.5 Å². The first-order valence-electron chi connectivity index (χ1n) is 5.40. The molecule has 0 amide bonds. The van der Waals surface area contributed by atoms with Gasteiger partial charge in [-0.05, 0) is 18.2 Å². The van der Waals surface area contributed by atoms with E-state index in [2.05, 4.69) is 15.0 Å². The van der Waals surface area contributed by atoms with Gasteiger partial charge in [0.15, 0.2) is 16.6 Å². The second kappa shape index (κ2) is 5.83. The molecule has 0 atom stereocenters. The average molecular weight is 286 g/mol. The van der Waals surface area contributed by atoms with Gasteiger partial charge >= 0.3 is 6.61 Å². The summed E-state index contributed by atoms with van der Waals surface area (Å²) in [7, 11) is 3.18. The van der Waals surface area contributed by atoms with Crippen LogP contribution in [-0.4, -0.2) is 25.8 Å². The van der Waals surface area contributed by atoms with Gasteiger partial charge in [-0.3, -0.25) is 0 Å². The van der Waals surface area contributed by atoms with Crippen LogP contribution in [0.25, 0.3) is 11.3 Å². The highest BCUT2D eigenvalue weighted by Gasteiger charge is 2.12. The van der Waals surface area contributed by atoms with Crippen molar-refractivity contribution in [1.82, 2.24) is 4.98 Å². The lowest BCUT2D eigenvalue weighted by Gasteiger charge is -2.10. The first-order valence-corrected chi connectivity index (χ1v) is 6.28. The average Bonchev–Trinajstić information content (AvgIpc) is 2.87. The van der Waals surface area contributed by atoms with E-state index >= 15 is 0 Å². The first-order chi connectivity index (χ1) is 9.13. The molecule has 0 unspecified atom stereocenters. The van der Waals surface area contributed by atoms with E-state index in [1.54, 1.807) is 19.2 Å². The van der Waals surface area contributed by atoms with Crippen LogP contribution in [-0.2, 0) is 0 Å². The molecule has 0 saturated carbocycles. The second-order valence-electron chi connectivity index (χ2n) is 3.53. The lowest BCUT2D eigenvalue weighted by Crippen LogP contribution is -2.03. The molecule has 4 nitrogen and oxygen atoms in total. The number of alkyl halides is 2. The third-order valence-electron chi connectivity index (χ3n) is 2.39. The number of hydrogen-bond donors (Lipinski definition) is 1. The van der Waals surface area contributed by atoms with Crippen molar-refractivity contribution in [2.24, 2.45) is 0 Å². The summed E-state index contributed by atoms with van der Waals surface area (Å²) >= 11 is 1.46. The Bertz CT molecular complexity index is 560. The minimum Gasteiger partial charge on any atom is -0.493 e. The van der Waals surface area contributed by atoms with Crippen molar-refractivity contribution in [1.29, 1.82) is 0 Å². The van der Waals surface area contributed by atoms with Crippen LogP contribution in [0.5, 0.6) is 11.5 Å². The Morgan fingerprint density at radius 1 is 1.32 bits per heavy atom. The SMILES string of the molecule is CNc1nc(-c2ccc(OC(F)F)c(OC)c2)cs1. The molecule has 1 aromatic heterocycles. The van der Waals surface area contributed by atoms with Crippen molar-refractivity contribution in [3.05, 3.63) is 23.6 Å². The summed E-state index contributed by atoms with van der Waals surface area (Å²) in [4.78, 5) is 4.33. The lowest BCUT2D eigenvalue weighted by molar-refractivity contribution is -0.0512. The quantitative estimate of drug-likeness (QED) is 0.914. The third-order valence-corrected chi connectivity index (χ3v) is 3.25. The van der Waals surface area contributed by atoms with Crippen LogP contribution in [0.2, 0.25) is 0 Å². The Balaban J connectivity index is 2.32. The molecule has 0 fully saturated rings. The smallest absolute Gasteiger partial charge is 0.387 e. The molecule has 2 rings (SSSR count). The van der Waals surface area contributed by atoms with Gasteiger partial charge in [0, 0.05) is 18.0 Å². The molecular weight excluding hydrogens is 274 g/mol. The van der Waals surface area contributed by atoms with Gasteiger partial charge in [0.25, 0.3) is 0 Å². The largest absolute Gasteiger partial charge is 0.493 e. The fraction of sp³-hybridized carbons (Fsp3) is 0.250. The maximum absolute atomic E-state index is 12.2. The third kappa shape index (κ3) is 3.11. The highest BCUT2D eigenvalue weighted by Crippen LogP contribution is 2.34. The number of nitrogens with one attached hydrogen (secondary N) is 1. The van der Waals surface area contributed by atoms with Crippen LogP contribution in [0.1, 0.15) is 0 Å². The van der Waals surface area contributed by atoms with E-state index in [0.717, 1.165) is 16.4 Å². The van der Waals surface area contributed by atoms with Crippen LogP contribution in [0, 0.1) is 0 Å². The highest BCUT2D eigenvalue weighted by molar-refractivity contribution is 7.14. The molecule has 1 aromatic carbocycles. The molecule has 0 saturated heterocycles. The summed E-state index contributed by atoms with van der Waals surface area (Å²) in [6.45, 7) is -2.88. The normalized spacial score (nSPS) is 10.6. The topological polar surface area (TPSA) is 43.4 Å². The summed E-state index contributed by atoms with van der Waals surface area (Å²) in [5.74, 6) is 0.252. The van der Waals surface area contributed by atoms with E-state index in [4.69, 9.17) is 4.74 Å². The number of benzene rings is 1. The number of ether oxygens (including phenoxy) is 2. The Hall–Kier alpha value is -1.89. The number of rotatable bonds is 5. The van der Waals surface area contributed by atoms with Crippen molar-refractivity contribution in [3.8, 4) is 22.8 Å². The Kier molecular flexibility index (Phi) is 4.16. The molecule has 0 aliphatic heterocycles. The molecule has 0 spiro atoms. The molecule has 102 valence electrons. The molecule has 1 heterocycles. The van der Waals surface area contributed by atoms with Gasteiger partial charge in [-0.25, -0.2) is 4.98 Å². The predicted molar refractivity (Wildman–Crippen MR) is 70.3 cm³/mol. The summed E-state index contributed by atoms with van der Waals surface area (Å²) in [5, 5.41) is 5.58. The number of methoxy groups -OCH3 is 1. The summed E-state index contributed by atoms with van der Waals surface area (Å²) in [5.41, 5.74) is 1.52. The number of anilines is 1. The minimum absolute atomic E-state index is 0.00493. The number of halogens is 2. The van der Waals surface area contributed by atoms with E-state index in [0.29, 0.717) is 0 Å². The van der Waals surface area contributed by atoms with Gasteiger partial charge < -0.3 is 14.8 Å². The molecule has 0 aliphatic rings. The summed E-state index contributed by atoms with van der Waals surface area (Å²) in [6, 6.07) is 4.72. The van der Waals surface area contributed by atoms with Crippen molar-refractivity contribution < 1.29 is 18.3 Å². The van der Waals surface area contributed by atoms with Gasteiger partial charge in [-0.1, -0.05) is 0 Å². The molecule has 0 radical (unpaired) electrons. The second-order valence-corrected chi connectivity index (χ2v) is 4.39. The van der Waals surface area contributed by atoms with E-state index in [1.807, 2.05) is 5.38 Å². The predicted octanol–water partition coefficient (Wildman–Crippen LogP) is 3.46. The first kappa shape index (κ1) is 13.5. The zero-order chi connectivity index (χ0) is 13.8. The molecule has 0 bridgehead atoms. The van der Waals surface area contributed by atoms with Crippen molar-refractivity contribution >= 4 is 16.5 Å². The minimum atomic E-state index is -2.88. The van der Waals surface area contributed by atoms with E-state index < -0.39 is 6.61 Å². The molecule has 19 heavy (non-hydrogen) atoms. The Morgan fingerprint density at radius 2 is 2.11 bits per heavy atom. The molecule has 1 N–H and O–H groups in total. The van der Waals surface area contributed by atoms with Gasteiger partial charge in [0.2, 0.25) is 0 Å².